The highest BCUT2D eigenvalue weighted by Crippen LogP contribution is 2.24. The van der Waals surface area contributed by atoms with Gasteiger partial charge in [0.25, 0.3) is 5.91 Å². The summed E-state index contributed by atoms with van der Waals surface area (Å²) in [6.45, 7) is 18.9. The average molecular weight is 514 g/mol. The van der Waals surface area contributed by atoms with Gasteiger partial charge in [0.05, 0.1) is 24.4 Å². The summed E-state index contributed by atoms with van der Waals surface area (Å²) in [5.41, 5.74) is 7.52. The molecule has 2 heterocycles. The van der Waals surface area contributed by atoms with Crippen LogP contribution >= 0.6 is 0 Å². The van der Waals surface area contributed by atoms with Crippen LogP contribution in [0.15, 0.2) is 40.8 Å². The Morgan fingerprint density at radius 1 is 1.05 bits per heavy atom. The lowest BCUT2D eigenvalue weighted by atomic mass is 10.2. The molecular formula is C30H47N3O4. The van der Waals surface area contributed by atoms with Crippen LogP contribution in [0, 0.1) is 11.8 Å². The van der Waals surface area contributed by atoms with Crippen molar-refractivity contribution in [1.29, 1.82) is 0 Å². The van der Waals surface area contributed by atoms with Crippen LogP contribution in [0.3, 0.4) is 0 Å². The van der Waals surface area contributed by atoms with Gasteiger partial charge < -0.3 is 24.9 Å². The first-order valence-corrected chi connectivity index (χ1v) is 13.1. The Morgan fingerprint density at radius 3 is 2.27 bits per heavy atom. The summed E-state index contributed by atoms with van der Waals surface area (Å²) in [6, 6.07) is 10.8. The molecule has 37 heavy (non-hydrogen) atoms. The highest BCUT2D eigenvalue weighted by Gasteiger charge is 2.13. The number of rotatable bonds is 7. The van der Waals surface area contributed by atoms with Crippen molar-refractivity contribution in [3.8, 4) is 17.6 Å². The second kappa shape index (κ2) is 22.9. The quantitative estimate of drug-likeness (QED) is 0.320. The smallest absolute Gasteiger partial charge is 0.255 e. The number of fused-ring (bicyclic) bond motifs is 1. The molecular weight excluding hydrogens is 466 g/mol. The van der Waals surface area contributed by atoms with Crippen LogP contribution in [0.1, 0.15) is 90.5 Å². The van der Waals surface area contributed by atoms with E-state index in [9.17, 15) is 4.79 Å². The molecule has 0 spiro atoms. The van der Waals surface area contributed by atoms with E-state index in [-0.39, 0.29) is 18.3 Å². The molecule has 7 heteroatoms. The van der Waals surface area contributed by atoms with Crippen molar-refractivity contribution in [2.45, 2.75) is 81.9 Å². The number of methoxy groups -OCH3 is 1. The maximum absolute atomic E-state index is 12.4. The maximum atomic E-state index is 12.4. The molecule has 0 fully saturated rings. The molecule has 0 unspecified atom stereocenters. The van der Waals surface area contributed by atoms with Crippen molar-refractivity contribution in [3.05, 3.63) is 53.4 Å². The zero-order chi connectivity index (χ0) is 28.6. The Kier molecular flexibility index (Phi) is 22.1. The van der Waals surface area contributed by atoms with Crippen LogP contribution in [-0.2, 0) is 17.9 Å². The third-order valence-corrected chi connectivity index (χ3v) is 3.97. The Morgan fingerprint density at radius 2 is 1.70 bits per heavy atom. The van der Waals surface area contributed by atoms with Gasteiger partial charge >= 0.3 is 0 Å². The summed E-state index contributed by atoms with van der Waals surface area (Å²) in [5.74, 6) is 6.75. The Hall–Kier alpha value is -3.50. The number of nitrogens with one attached hydrogen (secondary N) is 1. The first kappa shape index (κ1) is 35.7. The molecule has 0 saturated carbocycles. The molecule has 206 valence electrons. The van der Waals surface area contributed by atoms with E-state index in [0.717, 1.165) is 5.39 Å². The number of anilines is 1. The van der Waals surface area contributed by atoms with Gasteiger partial charge in [-0.1, -0.05) is 67.7 Å². The normalized spacial score (nSPS) is 8.81. The van der Waals surface area contributed by atoms with Gasteiger partial charge in [0.2, 0.25) is 0 Å². The third-order valence-electron chi connectivity index (χ3n) is 3.97. The Labute approximate surface area is 224 Å². The second-order valence-corrected chi connectivity index (χ2v) is 6.69. The van der Waals surface area contributed by atoms with Crippen molar-refractivity contribution in [2.24, 2.45) is 0 Å². The number of carbonyl (C=O) groups excluding carboxylic acids is 1. The molecule has 0 aliphatic rings. The second-order valence-electron chi connectivity index (χ2n) is 6.69. The summed E-state index contributed by atoms with van der Waals surface area (Å²) in [7, 11) is 1.57. The number of nitrogens with zero attached hydrogens (tertiary/aromatic N) is 1. The molecule has 1 aromatic carbocycles. The van der Waals surface area contributed by atoms with Gasteiger partial charge in [0.15, 0.2) is 0 Å². The number of ether oxygens (including phenoxy) is 2. The minimum absolute atomic E-state index is 0.161. The maximum Gasteiger partial charge on any atom is 0.255 e. The van der Waals surface area contributed by atoms with E-state index in [1.807, 2.05) is 59.7 Å². The molecule has 0 radical (unpaired) electrons. The Bertz CT molecular complexity index is 1070. The van der Waals surface area contributed by atoms with Crippen LogP contribution in [0.4, 0.5) is 5.82 Å². The summed E-state index contributed by atoms with van der Waals surface area (Å²) in [6.07, 6.45) is 1.25. The fourth-order valence-electron chi connectivity index (χ4n) is 2.63. The minimum Gasteiger partial charge on any atom is -0.481 e. The zero-order valence-corrected chi connectivity index (χ0v) is 24.5. The van der Waals surface area contributed by atoms with E-state index in [4.69, 9.17) is 19.6 Å². The Balaban J connectivity index is 0. The average Bonchev–Trinajstić information content (AvgIpc) is 3.34. The van der Waals surface area contributed by atoms with Gasteiger partial charge in [0, 0.05) is 18.6 Å². The van der Waals surface area contributed by atoms with Crippen LogP contribution in [0.25, 0.3) is 11.0 Å². The lowest BCUT2D eigenvalue weighted by molar-refractivity contribution is 0.0948. The van der Waals surface area contributed by atoms with Crippen molar-refractivity contribution in [3.63, 3.8) is 0 Å². The molecule has 3 aromatic rings. The molecule has 2 aromatic heterocycles. The van der Waals surface area contributed by atoms with E-state index < -0.39 is 0 Å². The number of aromatic nitrogens is 1. The number of carbonyl (C=O) groups is 1. The van der Waals surface area contributed by atoms with Crippen molar-refractivity contribution in [2.75, 3.05) is 19.5 Å². The van der Waals surface area contributed by atoms with Gasteiger partial charge in [-0.25, -0.2) is 4.98 Å². The molecule has 0 aliphatic heterocycles. The molecule has 3 rings (SSSR count). The van der Waals surface area contributed by atoms with Crippen LogP contribution in [0.2, 0.25) is 0 Å². The third kappa shape index (κ3) is 13.4. The van der Waals surface area contributed by atoms with Gasteiger partial charge in [-0.2, -0.15) is 0 Å². The topological polar surface area (TPSA) is 99.6 Å². The number of furan rings is 1. The SMILES string of the molecule is CC.CC.CC.CC#CCOc1ccc2cc(CNC(=O)c3ccc(COC)nc3N)oc2c1.CCC. The monoisotopic (exact) mass is 513 g/mol. The van der Waals surface area contributed by atoms with E-state index in [1.165, 1.54) is 6.42 Å². The van der Waals surface area contributed by atoms with Crippen LogP contribution in [0.5, 0.6) is 5.75 Å². The number of pyridine rings is 1. The molecule has 7 nitrogen and oxygen atoms in total. The number of benzene rings is 1. The fraction of sp³-hybridized carbons (Fsp3) is 0.467. The van der Waals surface area contributed by atoms with Gasteiger partial charge in [-0.15, -0.1) is 5.92 Å². The number of hydrogen-bond acceptors (Lipinski definition) is 6. The van der Waals surface area contributed by atoms with Crippen LogP contribution < -0.4 is 15.8 Å². The minimum atomic E-state index is -0.323. The van der Waals surface area contributed by atoms with E-state index in [0.29, 0.717) is 41.6 Å². The summed E-state index contributed by atoms with van der Waals surface area (Å²) >= 11 is 0. The number of nitrogen functional groups attached to an aromatic ring is 1. The van der Waals surface area contributed by atoms with Gasteiger partial charge in [-0.3, -0.25) is 4.79 Å². The standard InChI is InChI=1S/C21H21N3O4.C3H8.3C2H6/c1-3-4-9-27-16-7-5-14-10-17(28-19(14)11-16)12-23-21(25)18-8-6-15(13-26-2)24-20(18)22;1-3-2;3*1-2/h5-8,10-11H,9,12-13H2,1-2H3,(H2,22,24)(H,23,25);3H2,1-2H3;3*1-2H3. The number of hydrogen-bond donors (Lipinski definition) is 2. The molecule has 3 N–H and O–H groups in total. The lowest BCUT2D eigenvalue weighted by Crippen LogP contribution is -2.24. The molecule has 1 amide bonds. The summed E-state index contributed by atoms with van der Waals surface area (Å²) < 4.78 is 16.3. The highest BCUT2D eigenvalue weighted by molar-refractivity contribution is 5.98. The van der Waals surface area contributed by atoms with E-state index >= 15 is 0 Å². The molecule has 0 bridgehead atoms. The van der Waals surface area contributed by atoms with Gasteiger partial charge in [-0.05, 0) is 37.3 Å². The zero-order valence-electron chi connectivity index (χ0n) is 24.5. The van der Waals surface area contributed by atoms with E-state index in [1.54, 1.807) is 32.2 Å². The summed E-state index contributed by atoms with van der Waals surface area (Å²) in [5, 5.41) is 3.71. The van der Waals surface area contributed by atoms with Crippen molar-refractivity contribution in [1.82, 2.24) is 10.3 Å². The van der Waals surface area contributed by atoms with Crippen molar-refractivity contribution >= 4 is 22.7 Å². The highest BCUT2D eigenvalue weighted by atomic mass is 16.5. The molecule has 0 saturated heterocycles. The van der Waals surface area contributed by atoms with Crippen molar-refractivity contribution < 1.29 is 18.7 Å². The predicted octanol–water partition coefficient (Wildman–Crippen LogP) is 7.38. The summed E-state index contributed by atoms with van der Waals surface area (Å²) in [4.78, 5) is 16.5. The van der Waals surface area contributed by atoms with E-state index in [2.05, 4.69) is 36.0 Å². The first-order valence-electron chi connectivity index (χ1n) is 13.1. The van der Waals surface area contributed by atoms with Crippen LogP contribution in [-0.4, -0.2) is 24.6 Å². The van der Waals surface area contributed by atoms with Gasteiger partial charge in [0.1, 0.15) is 29.5 Å². The molecule has 0 atom stereocenters. The number of amides is 1. The largest absolute Gasteiger partial charge is 0.481 e. The fourth-order valence-corrected chi connectivity index (χ4v) is 2.63. The lowest BCUT2D eigenvalue weighted by Gasteiger charge is -2.07. The molecule has 0 aliphatic carbocycles. The number of nitrogens with two attached hydrogens (primary N) is 1. The predicted molar refractivity (Wildman–Crippen MR) is 156 cm³/mol. The first-order chi connectivity index (χ1) is 18.0.